The molecule has 4 nitrogen and oxygen atoms in total. The van der Waals surface area contributed by atoms with Crippen LogP contribution < -0.4 is 5.32 Å². The molecule has 1 unspecified atom stereocenters. The molecule has 0 aromatic heterocycles. The number of piperidine rings is 1. The van der Waals surface area contributed by atoms with Crippen molar-refractivity contribution in [1.82, 2.24) is 4.90 Å². The fourth-order valence-electron chi connectivity index (χ4n) is 1.96. The van der Waals surface area contributed by atoms with E-state index in [0.29, 0.717) is 0 Å². The van der Waals surface area contributed by atoms with Crippen LogP contribution in [0.1, 0.15) is 12.8 Å². The lowest BCUT2D eigenvalue weighted by Gasteiger charge is -2.29. The van der Waals surface area contributed by atoms with Gasteiger partial charge in [0.05, 0.1) is 0 Å². The number of likely N-dealkylation sites (tertiary alicyclic amines) is 1. The summed E-state index contributed by atoms with van der Waals surface area (Å²) >= 11 is 0. The van der Waals surface area contributed by atoms with Crippen molar-refractivity contribution in [2.45, 2.75) is 18.9 Å². The fraction of sp³-hybridized carbons (Fsp3) is 0.333. The molecule has 1 heterocycles. The Morgan fingerprint density at radius 1 is 0.952 bits per heavy atom. The molecule has 0 radical (unpaired) electrons. The second-order valence-electron chi connectivity index (χ2n) is 4.47. The van der Waals surface area contributed by atoms with Crippen LogP contribution in [0, 0.1) is 29.1 Å². The number of likely N-dealkylation sites (N-methyl/N-ethyl adjacent to an activating group) is 1. The van der Waals surface area contributed by atoms with Gasteiger partial charge in [-0.3, -0.25) is 14.5 Å². The van der Waals surface area contributed by atoms with Crippen molar-refractivity contribution < 1.29 is 31.5 Å². The van der Waals surface area contributed by atoms with E-state index < -0.39 is 52.6 Å². The molecule has 114 valence electrons. The zero-order valence-electron chi connectivity index (χ0n) is 10.6. The van der Waals surface area contributed by atoms with Crippen LogP contribution in [0.5, 0.6) is 0 Å². The Balaban J connectivity index is 2.37. The predicted molar refractivity (Wildman–Crippen MR) is 60.7 cm³/mol. The van der Waals surface area contributed by atoms with Crippen LogP contribution >= 0.6 is 0 Å². The summed E-state index contributed by atoms with van der Waals surface area (Å²) in [4.78, 5) is 23.7. The van der Waals surface area contributed by atoms with Gasteiger partial charge < -0.3 is 5.32 Å². The minimum Gasteiger partial charge on any atom is -0.369 e. The molecule has 0 bridgehead atoms. The number of nitrogens with zero attached hydrogens (tertiary/aromatic N) is 1. The third-order valence-electron chi connectivity index (χ3n) is 3.18. The molecule has 1 aliphatic heterocycles. The van der Waals surface area contributed by atoms with Crippen LogP contribution in [0.2, 0.25) is 0 Å². The van der Waals surface area contributed by atoms with Gasteiger partial charge in [-0.1, -0.05) is 0 Å². The summed E-state index contributed by atoms with van der Waals surface area (Å²) in [5.74, 6) is -11.9. The van der Waals surface area contributed by atoms with E-state index in [1.54, 1.807) is 0 Å². The van der Waals surface area contributed by atoms with Gasteiger partial charge in [-0.2, -0.15) is 0 Å². The molecule has 1 N–H and O–H groups in total. The number of carbonyl (C=O) groups excluding carboxylic acids is 2. The van der Waals surface area contributed by atoms with Gasteiger partial charge in [-0.15, -0.1) is 0 Å². The molecule has 1 aromatic carbocycles. The van der Waals surface area contributed by atoms with Gasteiger partial charge in [0.2, 0.25) is 11.7 Å². The molecule has 1 fully saturated rings. The fourth-order valence-corrected chi connectivity index (χ4v) is 1.96. The van der Waals surface area contributed by atoms with E-state index in [0.717, 1.165) is 11.9 Å². The molecule has 0 spiro atoms. The van der Waals surface area contributed by atoms with Crippen LogP contribution in [0.4, 0.5) is 27.6 Å². The Hall–Kier alpha value is -2.19. The van der Waals surface area contributed by atoms with Crippen molar-refractivity contribution in [3.8, 4) is 0 Å². The van der Waals surface area contributed by atoms with Gasteiger partial charge in [0.25, 0.3) is 5.91 Å². The molecule has 2 rings (SSSR count). The summed E-state index contributed by atoms with van der Waals surface area (Å²) in [5.41, 5.74) is -1.28. The summed E-state index contributed by atoms with van der Waals surface area (Å²) < 4.78 is 65.9. The number of nitrogens with one attached hydrogen (secondary N) is 1. The van der Waals surface area contributed by atoms with Crippen molar-refractivity contribution in [3.63, 3.8) is 0 Å². The first kappa shape index (κ1) is 15.2. The normalized spacial score (nSPS) is 19.1. The van der Waals surface area contributed by atoms with Gasteiger partial charge >= 0.3 is 0 Å². The topological polar surface area (TPSA) is 49.4 Å². The van der Waals surface area contributed by atoms with Gasteiger partial charge in [-0.25, -0.2) is 22.0 Å². The maximum absolute atomic E-state index is 13.5. The highest BCUT2D eigenvalue weighted by molar-refractivity contribution is 6.01. The monoisotopic (exact) mass is 308 g/mol. The zero-order valence-corrected chi connectivity index (χ0v) is 10.6. The SMILES string of the molecule is CN1C(=O)CCC(Nc2c(F)c(F)c(F)c(F)c2F)C1=O. The maximum atomic E-state index is 13.5. The number of imide groups is 1. The van der Waals surface area contributed by atoms with E-state index in [1.165, 1.54) is 0 Å². The molecule has 1 aliphatic rings. The Kier molecular flexibility index (Phi) is 3.84. The minimum absolute atomic E-state index is 0.0880. The minimum atomic E-state index is -2.28. The van der Waals surface area contributed by atoms with Crippen LogP contribution in [0.3, 0.4) is 0 Å². The van der Waals surface area contributed by atoms with Crippen molar-refractivity contribution in [2.24, 2.45) is 0 Å². The Labute approximate surface area is 115 Å². The van der Waals surface area contributed by atoms with Crippen LogP contribution in [-0.2, 0) is 9.59 Å². The smallest absolute Gasteiger partial charge is 0.251 e. The third kappa shape index (κ3) is 2.43. The molecule has 1 atom stereocenters. The predicted octanol–water partition coefficient (Wildman–Crippen LogP) is 1.94. The van der Waals surface area contributed by atoms with E-state index in [2.05, 4.69) is 0 Å². The third-order valence-corrected chi connectivity index (χ3v) is 3.18. The molecule has 9 heteroatoms. The average Bonchev–Trinajstić information content (AvgIpc) is 2.47. The molecule has 21 heavy (non-hydrogen) atoms. The number of benzene rings is 1. The van der Waals surface area contributed by atoms with Gasteiger partial charge in [0.1, 0.15) is 11.7 Å². The lowest BCUT2D eigenvalue weighted by Crippen LogP contribution is -2.48. The first-order valence-electron chi connectivity index (χ1n) is 5.84. The average molecular weight is 308 g/mol. The quantitative estimate of drug-likeness (QED) is 0.393. The van der Waals surface area contributed by atoms with Crippen molar-refractivity contribution in [1.29, 1.82) is 0 Å². The number of amides is 2. The first-order chi connectivity index (χ1) is 9.75. The van der Waals surface area contributed by atoms with Crippen LogP contribution in [0.15, 0.2) is 0 Å². The van der Waals surface area contributed by atoms with Crippen molar-refractivity contribution >= 4 is 17.5 Å². The van der Waals surface area contributed by atoms with Crippen LogP contribution in [-0.4, -0.2) is 29.8 Å². The van der Waals surface area contributed by atoms with E-state index >= 15 is 0 Å². The van der Waals surface area contributed by atoms with E-state index in [9.17, 15) is 31.5 Å². The molecule has 0 aliphatic carbocycles. The molecule has 1 saturated heterocycles. The maximum Gasteiger partial charge on any atom is 0.251 e. The van der Waals surface area contributed by atoms with Crippen molar-refractivity contribution in [3.05, 3.63) is 29.1 Å². The largest absolute Gasteiger partial charge is 0.369 e. The molecule has 1 aromatic rings. The van der Waals surface area contributed by atoms with E-state index in [1.807, 2.05) is 5.32 Å². The second-order valence-corrected chi connectivity index (χ2v) is 4.47. The van der Waals surface area contributed by atoms with Crippen LogP contribution in [0.25, 0.3) is 0 Å². The lowest BCUT2D eigenvalue weighted by atomic mass is 10.0. The van der Waals surface area contributed by atoms with Gasteiger partial charge in [0, 0.05) is 13.5 Å². The molecule has 2 amide bonds. The summed E-state index contributed by atoms with van der Waals surface area (Å²) in [6, 6.07) is -1.25. The Morgan fingerprint density at radius 3 is 1.95 bits per heavy atom. The van der Waals surface area contributed by atoms with Crippen molar-refractivity contribution in [2.75, 3.05) is 12.4 Å². The number of hydrogen-bond acceptors (Lipinski definition) is 3. The first-order valence-corrected chi connectivity index (χ1v) is 5.84. The summed E-state index contributed by atoms with van der Waals surface area (Å²) in [5, 5.41) is 1.99. The lowest BCUT2D eigenvalue weighted by molar-refractivity contribution is -0.146. The molecular weight excluding hydrogens is 299 g/mol. The number of carbonyl (C=O) groups is 2. The number of halogens is 5. The van der Waals surface area contributed by atoms with E-state index in [4.69, 9.17) is 0 Å². The number of anilines is 1. The number of rotatable bonds is 2. The number of hydrogen-bond donors (Lipinski definition) is 1. The highest BCUT2D eigenvalue weighted by atomic mass is 19.2. The highest BCUT2D eigenvalue weighted by Gasteiger charge is 2.34. The Morgan fingerprint density at radius 2 is 1.43 bits per heavy atom. The standard InChI is InChI=1S/C12H9F5N2O2/c1-19-5(20)3-2-4(12(19)21)18-11-9(16)7(14)6(13)8(15)10(11)17/h4,18H,2-3H2,1H3. The second kappa shape index (κ2) is 5.30. The van der Waals surface area contributed by atoms with Gasteiger partial charge in [0.15, 0.2) is 23.3 Å². The summed E-state index contributed by atoms with van der Waals surface area (Å²) in [6.45, 7) is 0. The molecule has 0 saturated carbocycles. The van der Waals surface area contributed by atoms with Gasteiger partial charge in [-0.05, 0) is 6.42 Å². The zero-order chi connectivity index (χ0) is 15.9. The summed E-state index contributed by atoms with van der Waals surface area (Å²) in [6.07, 6.45) is -0.198. The highest BCUT2D eigenvalue weighted by Crippen LogP contribution is 2.29. The molecular formula is C12H9F5N2O2. The Bertz CT molecular complexity index is 606. The summed E-state index contributed by atoms with van der Waals surface area (Å²) in [7, 11) is 1.16. The van der Waals surface area contributed by atoms with E-state index in [-0.39, 0.29) is 12.8 Å².